The molecule has 4 rings (SSSR count). The lowest BCUT2D eigenvalue weighted by Crippen LogP contribution is -2.12. The minimum absolute atomic E-state index is 0.0210. The Labute approximate surface area is 146 Å². The Bertz CT molecular complexity index is 848. The van der Waals surface area contributed by atoms with E-state index >= 15 is 0 Å². The summed E-state index contributed by atoms with van der Waals surface area (Å²) in [5, 5.41) is 10.7. The van der Waals surface area contributed by atoms with Gasteiger partial charge in [0.25, 0.3) is 5.91 Å². The summed E-state index contributed by atoms with van der Waals surface area (Å²) in [6, 6.07) is 24.9. The second-order valence-corrected chi connectivity index (χ2v) is 5.66. The van der Waals surface area contributed by atoms with Crippen LogP contribution in [0.4, 0.5) is 5.69 Å². The zero-order valence-corrected chi connectivity index (χ0v) is 13.7. The van der Waals surface area contributed by atoms with Crippen molar-refractivity contribution in [3.05, 3.63) is 101 Å². The molecule has 1 aliphatic heterocycles. The highest BCUT2D eigenvalue weighted by Gasteiger charge is 2.19. The molecule has 25 heavy (non-hydrogen) atoms. The molecule has 3 aromatic carbocycles. The van der Waals surface area contributed by atoms with Crippen molar-refractivity contribution >= 4 is 17.3 Å². The van der Waals surface area contributed by atoms with E-state index in [0.717, 1.165) is 16.7 Å². The van der Waals surface area contributed by atoms with Gasteiger partial charge in [0.1, 0.15) is 0 Å². The number of nitrogens with one attached hydrogen (secondary N) is 2. The molecule has 0 bridgehead atoms. The van der Waals surface area contributed by atoms with E-state index in [-0.39, 0.29) is 5.91 Å². The second kappa shape index (κ2) is 7.45. The van der Waals surface area contributed by atoms with Gasteiger partial charge in [0.15, 0.2) is 0 Å². The van der Waals surface area contributed by atoms with Gasteiger partial charge in [0.05, 0.1) is 5.71 Å². The molecule has 0 spiro atoms. The molecule has 1 heterocycles. The molecule has 0 aliphatic carbocycles. The number of carbonyl (C=O) groups excluding carboxylic acids is 1. The predicted octanol–water partition coefficient (Wildman–Crippen LogP) is 3.61. The molecule has 0 atom stereocenters. The zero-order valence-electron chi connectivity index (χ0n) is 13.7. The molecule has 124 valence electrons. The van der Waals surface area contributed by atoms with Gasteiger partial charge < -0.3 is 11.1 Å². The smallest absolute Gasteiger partial charge is 0.251 e. The van der Waals surface area contributed by atoms with Gasteiger partial charge in [-0.3, -0.25) is 10.2 Å². The number of benzene rings is 3. The van der Waals surface area contributed by atoms with Crippen LogP contribution < -0.4 is 11.1 Å². The third-order valence-corrected chi connectivity index (χ3v) is 4.01. The van der Waals surface area contributed by atoms with Crippen molar-refractivity contribution in [3.63, 3.8) is 0 Å². The van der Waals surface area contributed by atoms with E-state index in [1.807, 2.05) is 60.7 Å². The Morgan fingerprint density at radius 1 is 0.840 bits per heavy atom. The predicted molar refractivity (Wildman–Crippen MR) is 101 cm³/mol. The summed E-state index contributed by atoms with van der Waals surface area (Å²) in [4.78, 5) is 11.1. The third-order valence-electron chi connectivity index (χ3n) is 4.01. The molecule has 0 saturated heterocycles. The first-order valence-electron chi connectivity index (χ1n) is 8.02. The van der Waals surface area contributed by atoms with E-state index in [9.17, 15) is 4.79 Å². The molecule has 0 fully saturated rings. The number of carbonyl (C=O) groups is 1. The zero-order chi connectivity index (χ0) is 17.6. The number of rotatable bonds is 2. The maximum absolute atomic E-state index is 11.1. The fourth-order valence-electron chi connectivity index (χ4n) is 2.65. The van der Waals surface area contributed by atoms with Crippen LogP contribution in [0.15, 0.2) is 78.9 Å². The average Bonchev–Trinajstić information content (AvgIpc) is 3.06. The molecule has 1 aliphatic rings. The summed E-state index contributed by atoms with van der Waals surface area (Å²) in [6.07, 6.45) is 0. The lowest BCUT2D eigenvalue weighted by atomic mass is 10.0. The fraction of sp³-hybridized carbons (Fsp3) is 0.0476. The van der Waals surface area contributed by atoms with E-state index < -0.39 is 0 Å². The lowest BCUT2D eigenvalue weighted by molar-refractivity contribution is 0.0966. The summed E-state index contributed by atoms with van der Waals surface area (Å²) in [5.74, 6) is -0.0210. The summed E-state index contributed by atoms with van der Waals surface area (Å²) in [5.41, 5.74) is 10.5. The molecule has 4 heteroatoms. The number of fused-ring (bicyclic) bond motifs is 1. The Morgan fingerprint density at radius 2 is 1.40 bits per heavy atom. The van der Waals surface area contributed by atoms with Crippen molar-refractivity contribution in [2.24, 2.45) is 0 Å². The van der Waals surface area contributed by atoms with Crippen molar-refractivity contribution in [2.45, 2.75) is 6.54 Å². The monoisotopic (exact) mass is 329 g/mol. The van der Waals surface area contributed by atoms with Gasteiger partial charge in [-0.15, -0.1) is 0 Å². The van der Waals surface area contributed by atoms with Crippen molar-refractivity contribution in [2.75, 3.05) is 5.73 Å². The van der Waals surface area contributed by atoms with Crippen LogP contribution in [0.5, 0.6) is 0 Å². The maximum Gasteiger partial charge on any atom is 0.251 e. The van der Waals surface area contributed by atoms with Crippen LogP contribution in [0.1, 0.15) is 27.0 Å². The number of nitrogen functional groups attached to an aromatic ring is 1. The summed E-state index contributed by atoms with van der Waals surface area (Å²) in [6.45, 7) is 0.570. The maximum atomic E-state index is 11.1. The quantitative estimate of drug-likeness (QED) is 0.496. The Morgan fingerprint density at radius 3 is 1.92 bits per heavy atom. The molecular weight excluding hydrogens is 310 g/mol. The van der Waals surface area contributed by atoms with Gasteiger partial charge in [-0.2, -0.15) is 0 Å². The summed E-state index contributed by atoms with van der Waals surface area (Å²) in [7, 11) is 0. The number of amides is 1. The normalized spacial score (nSPS) is 11.8. The van der Waals surface area contributed by atoms with Crippen LogP contribution in [0.3, 0.4) is 0 Å². The molecule has 1 amide bonds. The summed E-state index contributed by atoms with van der Waals surface area (Å²) >= 11 is 0. The average molecular weight is 329 g/mol. The van der Waals surface area contributed by atoms with Crippen LogP contribution in [0.25, 0.3) is 0 Å². The van der Waals surface area contributed by atoms with E-state index in [2.05, 4.69) is 5.32 Å². The molecule has 4 nitrogen and oxygen atoms in total. The Balaban J connectivity index is 0.000000150. The van der Waals surface area contributed by atoms with E-state index in [4.69, 9.17) is 11.1 Å². The van der Waals surface area contributed by atoms with Gasteiger partial charge in [0, 0.05) is 23.4 Å². The summed E-state index contributed by atoms with van der Waals surface area (Å²) < 4.78 is 0. The second-order valence-electron chi connectivity index (χ2n) is 5.66. The minimum atomic E-state index is -0.0210. The topological polar surface area (TPSA) is 79.0 Å². The van der Waals surface area contributed by atoms with Crippen molar-refractivity contribution in [1.29, 1.82) is 5.41 Å². The molecular formula is C21H19N3O. The molecule has 0 aromatic heterocycles. The van der Waals surface area contributed by atoms with Gasteiger partial charge in [-0.1, -0.05) is 66.7 Å². The van der Waals surface area contributed by atoms with Gasteiger partial charge in [-0.25, -0.2) is 0 Å². The molecule has 0 unspecified atom stereocenters. The number of anilines is 1. The van der Waals surface area contributed by atoms with Crippen molar-refractivity contribution in [3.8, 4) is 0 Å². The SMILES string of the molecule is N=C(c1ccccc1)c1ccccc1.Nc1cccc2c1CNC2=O. The minimum Gasteiger partial charge on any atom is -0.398 e. The molecule has 0 saturated carbocycles. The van der Waals surface area contributed by atoms with Crippen molar-refractivity contribution in [1.82, 2.24) is 5.32 Å². The highest BCUT2D eigenvalue weighted by Crippen LogP contribution is 2.20. The highest BCUT2D eigenvalue weighted by atomic mass is 16.1. The fourth-order valence-corrected chi connectivity index (χ4v) is 2.65. The van der Waals surface area contributed by atoms with Crippen molar-refractivity contribution < 1.29 is 4.79 Å². The first-order chi connectivity index (χ1) is 12.2. The number of nitrogens with two attached hydrogens (primary N) is 1. The molecule has 4 N–H and O–H groups in total. The highest BCUT2D eigenvalue weighted by molar-refractivity contribution is 6.10. The van der Waals surface area contributed by atoms with Gasteiger partial charge in [-0.05, 0) is 23.3 Å². The van der Waals surface area contributed by atoms with E-state index in [0.29, 0.717) is 23.5 Å². The van der Waals surface area contributed by atoms with Crippen LogP contribution in [-0.4, -0.2) is 11.6 Å². The van der Waals surface area contributed by atoms with Crippen LogP contribution >= 0.6 is 0 Å². The Hall–Kier alpha value is -3.40. The van der Waals surface area contributed by atoms with Gasteiger partial charge >= 0.3 is 0 Å². The van der Waals surface area contributed by atoms with Crippen LogP contribution in [0, 0.1) is 5.41 Å². The van der Waals surface area contributed by atoms with E-state index in [1.165, 1.54) is 0 Å². The van der Waals surface area contributed by atoms with E-state index in [1.54, 1.807) is 18.2 Å². The first-order valence-corrected chi connectivity index (χ1v) is 8.02. The Kier molecular flexibility index (Phi) is 4.90. The van der Waals surface area contributed by atoms with Gasteiger partial charge in [0.2, 0.25) is 0 Å². The number of hydrogen-bond acceptors (Lipinski definition) is 3. The first kappa shape index (κ1) is 16.5. The van der Waals surface area contributed by atoms with Crippen LogP contribution in [-0.2, 0) is 6.54 Å². The third kappa shape index (κ3) is 3.75. The standard InChI is InChI=1S/C13H11N.C8H8N2O/c14-13(11-7-3-1-4-8-11)12-9-5-2-6-10-12;9-7-3-1-2-5-6(7)4-10-8(5)11/h1-10,14H;1-3H,4,9H2,(H,10,11). The lowest BCUT2D eigenvalue weighted by Gasteiger charge is -2.02. The number of hydrogen-bond donors (Lipinski definition) is 3. The molecule has 0 radical (unpaired) electrons. The molecule has 3 aromatic rings. The largest absolute Gasteiger partial charge is 0.398 e. The van der Waals surface area contributed by atoms with Crippen LogP contribution in [0.2, 0.25) is 0 Å².